The Morgan fingerprint density at radius 3 is 2.89 bits per heavy atom. The van der Waals surface area contributed by atoms with Crippen LogP contribution in [0.5, 0.6) is 0 Å². The molecule has 18 heavy (non-hydrogen) atoms. The third-order valence-corrected chi connectivity index (χ3v) is 4.66. The van der Waals surface area contributed by atoms with Gasteiger partial charge in [0.05, 0.1) is 16.3 Å². The molecule has 1 amide bonds. The standard InChI is InChI=1S/C12H19N3O2S/c1-12(17-2)4-3-5-15(7-12)9-6-8(13)10(18-9)11(14)16/h6H,3-5,7,13H2,1-2H3,(H2,14,16). The van der Waals surface area contributed by atoms with Crippen molar-refractivity contribution >= 4 is 27.9 Å². The number of anilines is 2. The van der Waals surface area contributed by atoms with Crippen LogP contribution in [0, 0.1) is 0 Å². The first-order valence-corrected chi connectivity index (χ1v) is 6.76. The summed E-state index contributed by atoms with van der Waals surface area (Å²) in [5, 5.41) is 0.990. The number of hydrogen-bond acceptors (Lipinski definition) is 5. The Balaban J connectivity index is 2.21. The SMILES string of the molecule is COC1(C)CCCN(c2cc(N)c(C(N)=O)s2)C1. The summed E-state index contributed by atoms with van der Waals surface area (Å²) in [5.41, 5.74) is 11.4. The predicted molar refractivity (Wildman–Crippen MR) is 74.1 cm³/mol. The van der Waals surface area contributed by atoms with Crippen molar-refractivity contribution in [2.45, 2.75) is 25.4 Å². The molecule has 1 saturated heterocycles. The highest BCUT2D eigenvalue weighted by atomic mass is 32.1. The number of carbonyl (C=O) groups is 1. The molecule has 0 saturated carbocycles. The van der Waals surface area contributed by atoms with E-state index in [9.17, 15) is 4.79 Å². The van der Waals surface area contributed by atoms with E-state index in [0.717, 1.165) is 30.9 Å². The topological polar surface area (TPSA) is 81.6 Å². The van der Waals surface area contributed by atoms with Gasteiger partial charge in [-0.2, -0.15) is 0 Å². The van der Waals surface area contributed by atoms with Gasteiger partial charge in [-0.15, -0.1) is 11.3 Å². The minimum absolute atomic E-state index is 0.135. The highest BCUT2D eigenvalue weighted by Crippen LogP contribution is 2.35. The third-order valence-electron chi connectivity index (χ3n) is 3.44. The van der Waals surface area contributed by atoms with E-state index in [0.29, 0.717) is 10.6 Å². The summed E-state index contributed by atoms with van der Waals surface area (Å²) in [4.78, 5) is 13.9. The van der Waals surface area contributed by atoms with Crippen LogP contribution in [0.1, 0.15) is 29.4 Å². The molecule has 1 unspecified atom stereocenters. The Morgan fingerprint density at radius 2 is 2.33 bits per heavy atom. The van der Waals surface area contributed by atoms with E-state index in [-0.39, 0.29) is 5.60 Å². The van der Waals surface area contributed by atoms with Crippen LogP contribution in [-0.2, 0) is 4.74 Å². The first kappa shape index (κ1) is 13.2. The van der Waals surface area contributed by atoms with E-state index in [4.69, 9.17) is 16.2 Å². The minimum Gasteiger partial charge on any atom is -0.397 e. The molecule has 2 rings (SSSR count). The van der Waals surface area contributed by atoms with Crippen molar-refractivity contribution in [3.05, 3.63) is 10.9 Å². The van der Waals surface area contributed by atoms with Gasteiger partial charge in [0.15, 0.2) is 0 Å². The monoisotopic (exact) mass is 269 g/mol. The lowest BCUT2D eigenvalue weighted by molar-refractivity contribution is -0.00451. The molecule has 100 valence electrons. The van der Waals surface area contributed by atoms with Crippen LogP contribution in [-0.4, -0.2) is 31.7 Å². The number of methoxy groups -OCH3 is 1. The Labute approximate surface area is 111 Å². The van der Waals surface area contributed by atoms with E-state index < -0.39 is 5.91 Å². The van der Waals surface area contributed by atoms with Gasteiger partial charge in [0.25, 0.3) is 5.91 Å². The quantitative estimate of drug-likeness (QED) is 0.870. The Bertz CT molecular complexity index is 460. The summed E-state index contributed by atoms with van der Waals surface area (Å²) in [5.74, 6) is -0.463. The molecule has 1 aromatic heterocycles. The lowest BCUT2D eigenvalue weighted by Crippen LogP contribution is -2.47. The Hall–Kier alpha value is -1.27. The van der Waals surface area contributed by atoms with E-state index in [1.165, 1.54) is 11.3 Å². The van der Waals surface area contributed by atoms with E-state index in [1.54, 1.807) is 7.11 Å². The zero-order valence-electron chi connectivity index (χ0n) is 10.7. The summed E-state index contributed by atoms with van der Waals surface area (Å²) in [6.45, 7) is 3.86. The number of rotatable bonds is 3. The van der Waals surface area contributed by atoms with Crippen molar-refractivity contribution in [1.82, 2.24) is 0 Å². The molecule has 4 N–H and O–H groups in total. The van der Waals surface area contributed by atoms with Crippen LogP contribution in [0.25, 0.3) is 0 Å². The molecule has 1 fully saturated rings. The fraction of sp³-hybridized carbons (Fsp3) is 0.583. The van der Waals surface area contributed by atoms with E-state index in [2.05, 4.69) is 11.8 Å². The van der Waals surface area contributed by atoms with Crippen LogP contribution >= 0.6 is 11.3 Å². The van der Waals surface area contributed by atoms with Gasteiger partial charge in [0.1, 0.15) is 4.88 Å². The highest BCUT2D eigenvalue weighted by Gasteiger charge is 2.31. The zero-order valence-corrected chi connectivity index (χ0v) is 11.5. The van der Waals surface area contributed by atoms with Gasteiger partial charge >= 0.3 is 0 Å². The maximum atomic E-state index is 11.2. The second-order valence-corrected chi connectivity index (χ2v) is 5.94. The summed E-state index contributed by atoms with van der Waals surface area (Å²) in [6.07, 6.45) is 2.11. The maximum Gasteiger partial charge on any atom is 0.260 e. The first-order chi connectivity index (χ1) is 8.45. The van der Waals surface area contributed by atoms with Gasteiger partial charge in [-0.25, -0.2) is 0 Å². The number of carbonyl (C=O) groups excluding carboxylic acids is 1. The molecule has 2 heterocycles. The number of hydrogen-bond donors (Lipinski definition) is 2. The average Bonchev–Trinajstić information content (AvgIpc) is 2.72. The second kappa shape index (κ2) is 4.78. The van der Waals surface area contributed by atoms with Gasteiger partial charge in [-0.1, -0.05) is 0 Å². The number of nitrogens with zero attached hydrogens (tertiary/aromatic N) is 1. The molecule has 0 spiro atoms. The van der Waals surface area contributed by atoms with Gasteiger partial charge in [-0.05, 0) is 25.8 Å². The summed E-state index contributed by atoms with van der Waals surface area (Å²) >= 11 is 1.36. The third kappa shape index (κ3) is 2.44. The van der Waals surface area contributed by atoms with E-state index in [1.807, 2.05) is 6.07 Å². The number of nitrogens with two attached hydrogens (primary N) is 2. The molecule has 0 bridgehead atoms. The first-order valence-electron chi connectivity index (χ1n) is 5.94. The number of piperidine rings is 1. The number of amides is 1. The van der Waals surface area contributed by atoms with Crippen LogP contribution < -0.4 is 16.4 Å². The smallest absolute Gasteiger partial charge is 0.260 e. The van der Waals surface area contributed by atoms with Crippen LogP contribution in [0.15, 0.2) is 6.07 Å². The number of thiophene rings is 1. The zero-order chi connectivity index (χ0) is 13.3. The van der Waals surface area contributed by atoms with Crippen molar-refractivity contribution in [3.63, 3.8) is 0 Å². The predicted octanol–water partition coefficient (Wildman–Crippen LogP) is 1.43. The number of ether oxygens (including phenoxy) is 1. The highest BCUT2D eigenvalue weighted by molar-refractivity contribution is 7.18. The number of primary amides is 1. The van der Waals surface area contributed by atoms with Crippen molar-refractivity contribution < 1.29 is 9.53 Å². The number of nitrogen functional groups attached to an aromatic ring is 1. The summed E-state index contributed by atoms with van der Waals surface area (Å²) in [6, 6.07) is 1.83. The van der Waals surface area contributed by atoms with Crippen molar-refractivity contribution in [3.8, 4) is 0 Å². The Morgan fingerprint density at radius 1 is 1.61 bits per heavy atom. The molecule has 5 nitrogen and oxygen atoms in total. The minimum atomic E-state index is -0.463. The second-order valence-electron chi connectivity index (χ2n) is 4.91. The van der Waals surface area contributed by atoms with Crippen LogP contribution in [0.3, 0.4) is 0 Å². The molecule has 1 aliphatic rings. The summed E-state index contributed by atoms with van der Waals surface area (Å²) in [7, 11) is 1.74. The fourth-order valence-electron chi connectivity index (χ4n) is 2.30. The fourth-order valence-corrected chi connectivity index (χ4v) is 3.26. The molecule has 0 aliphatic carbocycles. The molecular weight excluding hydrogens is 250 g/mol. The van der Waals surface area contributed by atoms with Crippen LogP contribution in [0.4, 0.5) is 10.7 Å². The van der Waals surface area contributed by atoms with Crippen molar-refractivity contribution in [2.24, 2.45) is 5.73 Å². The van der Waals surface area contributed by atoms with Gasteiger partial charge in [-0.3, -0.25) is 4.79 Å². The molecule has 1 atom stereocenters. The maximum absolute atomic E-state index is 11.2. The Kier molecular flexibility index (Phi) is 3.49. The van der Waals surface area contributed by atoms with Gasteiger partial charge < -0.3 is 21.1 Å². The molecule has 0 radical (unpaired) electrons. The summed E-state index contributed by atoms with van der Waals surface area (Å²) < 4.78 is 5.55. The van der Waals surface area contributed by atoms with Gasteiger partial charge in [0.2, 0.25) is 0 Å². The van der Waals surface area contributed by atoms with Crippen LogP contribution in [0.2, 0.25) is 0 Å². The molecule has 6 heteroatoms. The molecular formula is C12H19N3O2S. The van der Waals surface area contributed by atoms with Crippen molar-refractivity contribution in [2.75, 3.05) is 30.8 Å². The normalized spacial score (nSPS) is 24.2. The van der Waals surface area contributed by atoms with E-state index >= 15 is 0 Å². The molecule has 0 aromatic carbocycles. The largest absolute Gasteiger partial charge is 0.397 e. The molecule has 1 aromatic rings. The molecule has 1 aliphatic heterocycles. The lowest BCUT2D eigenvalue weighted by atomic mass is 9.95. The lowest BCUT2D eigenvalue weighted by Gasteiger charge is -2.39. The van der Waals surface area contributed by atoms with Crippen molar-refractivity contribution in [1.29, 1.82) is 0 Å². The van der Waals surface area contributed by atoms with Gasteiger partial charge in [0, 0.05) is 20.2 Å². The average molecular weight is 269 g/mol.